The van der Waals surface area contributed by atoms with Gasteiger partial charge in [-0.3, -0.25) is 0 Å². The maximum atomic E-state index is 8.77. The molecule has 16 heavy (non-hydrogen) atoms. The first-order valence-corrected chi connectivity index (χ1v) is 5.28. The van der Waals surface area contributed by atoms with Crippen LogP contribution in [-0.4, -0.2) is 10.9 Å². The molecule has 0 aromatic heterocycles. The van der Waals surface area contributed by atoms with Crippen LogP contribution in [0, 0.1) is 0 Å². The Bertz CT molecular complexity index is 611. The Labute approximate surface area is 93.5 Å². The van der Waals surface area contributed by atoms with Crippen molar-refractivity contribution in [3.05, 3.63) is 53.6 Å². The minimum absolute atomic E-state index is 0.702. The van der Waals surface area contributed by atoms with Gasteiger partial charge in [-0.15, -0.1) is 0 Å². The fourth-order valence-electron chi connectivity index (χ4n) is 2.19. The topological polar surface area (TPSA) is 32.6 Å². The molecule has 0 atom stereocenters. The van der Waals surface area contributed by atoms with Crippen molar-refractivity contribution in [1.29, 1.82) is 0 Å². The minimum Gasteiger partial charge on any atom is -0.411 e. The molecule has 2 aromatic carbocycles. The van der Waals surface area contributed by atoms with Crippen molar-refractivity contribution in [1.82, 2.24) is 0 Å². The highest BCUT2D eigenvalue weighted by Crippen LogP contribution is 2.26. The Kier molecular flexibility index (Phi) is 2.00. The zero-order valence-corrected chi connectivity index (χ0v) is 8.72. The molecule has 1 aliphatic rings. The van der Waals surface area contributed by atoms with Crippen molar-refractivity contribution in [2.24, 2.45) is 5.16 Å². The van der Waals surface area contributed by atoms with Gasteiger partial charge >= 0.3 is 0 Å². The molecule has 2 nitrogen and oxygen atoms in total. The number of oxime groups is 1. The van der Waals surface area contributed by atoms with Gasteiger partial charge in [0.2, 0.25) is 0 Å². The van der Waals surface area contributed by atoms with E-state index in [1.165, 1.54) is 21.9 Å². The van der Waals surface area contributed by atoms with Gasteiger partial charge in [-0.05, 0) is 28.0 Å². The molecule has 1 N–H and O–H groups in total. The van der Waals surface area contributed by atoms with Gasteiger partial charge in [0, 0.05) is 6.42 Å². The highest BCUT2D eigenvalue weighted by atomic mass is 16.4. The number of allylic oxidation sites excluding steroid dienone is 1. The first kappa shape index (κ1) is 9.16. The molecule has 0 saturated carbocycles. The number of hydrogen-bond donors (Lipinski definition) is 1. The van der Waals surface area contributed by atoms with Gasteiger partial charge in [-0.25, -0.2) is 0 Å². The van der Waals surface area contributed by atoms with Gasteiger partial charge in [-0.2, -0.15) is 0 Å². The summed E-state index contributed by atoms with van der Waals surface area (Å²) in [5, 5.41) is 14.5. The molecule has 0 unspecified atom stereocenters. The standard InChI is InChI=1S/C14H11NO/c16-15-12-7-8-14-11(9-12)6-5-10-3-1-2-4-13(10)14/h1-8,16H,9H2. The van der Waals surface area contributed by atoms with Crippen molar-refractivity contribution < 1.29 is 5.21 Å². The van der Waals surface area contributed by atoms with E-state index in [0.29, 0.717) is 12.1 Å². The third-order valence-corrected chi connectivity index (χ3v) is 3.00. The molecule has 2 aromatic rings. The SMILES string of the molecule is ON=C1C=Cc2c(ccc3ccccc23)C1. The van der Waals surface area contributed by atoms with Gasteiger partial charge in [0.15, 0.2) is 0 Å². The zero-order chi connectivity index (χ0) is 11.0. The molecule has 0 heterocycles. The Hall–Kier alpha value is -2.09. The summed E-state index contributed by atoms with van der Waals surface area (Å²) in [5.41, 5.74) is 3.17. The summed E-state index contributed by atoms with van der Waals surface area (Å²) in [7, 11) is 0. The molecule has 78 valence electrons. The second-order valence-electron chi connectivity index (χ2n) is 3.96. The number of nitrogens with zero attached hydrogens (tertiary/aromatic N) is 1. The van der Waals surface area contributed by atoms with Crippen LogP contribution in [0.5, 0.6) is 0 Å². The molecule has 0 fully saturated rings. The Balaban J connectivity index is 2.29. The van der Waals surface area contributed by atoms with Crippen LogP contribution in [0.1, 0.15) is 11.1 Å². The molecule has 3 rings (SSSR count). The van der Waals surface area contributed by atoms with Crippen LogP contribution < -0.4 is 0 Å². The smallest absolute Gasteiger partial charge is 0.0839 e. The molecular weight excluding hydrogens is 198 g/mol. The normalized spacial score (nSPS) is 16.6. The quantitative estimate of drug-likeness (QED) is 0.524. The lowest BCUT2D eigenvalue weighted by Gasteiger charge is -2.13. The summed E-state index contributed by atoms with van der Waals surface area (Å²) in [5.74, 6) is 0. The third-order valence-electron chi connectivity index (χ3n) is 3.00. The number of hydrogen-bond acceptors (Lipinski definition) is 2. The molecule has 0 bridgehead atoms. The van der Waals surface area contributed by atoms with Crippen LogP contribution in [0.4, 0.5) is 0 Å². The second-order valence-corrected chi connectivity index (χ2v) is 3.96. The fourth-order valence-corrected chi connectivity index (χ4v) is 2.19. The van der Waals surface area contributed by atoms with Crippen molar-refractivity contribution in [2.75, 3.05) is 0 Å². The summed E-state index contributed by atoms with van der Waals surface area (Å²) in [6.45, 7) is 0. The van der Waals surface area contributed by atoms with E-state index < -0.39 is 0 Å². The van der Waals surface area contributed by atoms with Gasteiger partial charge in [0.25, 0.3) is 0 Å². The Morgan fingerprint density at radius 2 is 1.88 bits per heavy atom. The van der Waals surface area contributed by atoms with E-state index >= 15 is 0 Å². The predicted octanol–water partition coefficient (Wildman–Crippen LogP) is 3.24. The molecule has 0 aliphatic heterocycles. The highest BCUT2D eigenvalue weighted by molar-refractivity contribution is 6.06. The summed E-state index contributed by atoms with van der Waals surface area (Å²) in [6.07, 6.45) is 4.60. The summed E-state index contributed by atoms with van der Waals surface area (Å²) < 4.78 is 0. The molecule has 0 radical (unpaired) electrons. The summed E-state index contributed by atoms with van der Waals surface area (Å²) >= 11 is 0. The number of rotatable bonds is 0. The molecule has 0 saturated heterocycles. The first-order chi connectivity index (χ1) is 7.88. The lowest BCUT2D eigenvalue weighted by Crippen LogP contribution is -2.06. The van der Waals surface area contributed by atoms with Crippen LogP contribution in [0.3, 0.4) is 0 Å². The van der Waals surface area contributed by atoms with Crippen LogP contribution in [-0.2, 0) is 6.42 Å². The molecule has 2 heteroatoms. The van der Waals surface area contributed by atoms with E-state index in [0.717, 1.165) is 0 Å². The van der Waals surface area contributed by atoms with E-state index in [4.69, 9.17) is 5.21 Å². The zero-order valence-electron chi connectivity index (χ0n) is 8.72. The van der Waals surface area contributed by atoms with Crippen molar-refractivity contribution in [2.45, 2.75) is 6.42 Å². The lowest BCUT2D eigenvalue weighted by molar-refractivity contribution is 0.318. The first-order valence-electron chi connectivity index (χ1n) is 5.28. The van der Waals surface area contributed by atoms with E-state index in [9.17, 15) is 0 Å². The monoisotopic (exact) mass is 209 g/mol. The van der Waals surface area contributed by atoms with Crippen LogP contribution in [0.15, 0.2) is 47.6 Å². The lowest BCUT2D eigenvalue weighted by atomic mass is 9.91. The van der Waals surface area contributed by atoms with Gasteiger partial charge in [0.05, 0.1) is 5.71 Å². The maximum absolute atomic E-state index is 8.77. The van der Waals surface area contributed by atoms with E-state index in [-0.39, 0.29) is 0 Å². The van der Waals surface area contributed by atoms with E-state index in [1.807, 2.05) is 24.3 Å². The van der Waals surface area contributed by atoms with Crippen molar-refractivity contribution in [3.8, 4) is 0 Å². The van der Waals surface area contributed by atoms with Crippen molar-refractivity contribution in [3.63, 3.8) is 0 Å². The average molecular weight is 209 g/mol. The largest absolute Gasteiger partial charge is 0.411 e. The minimum atomic E-state index is 0.702. The second kappa shape index (κ2) is 3.49. The van der Waals surface area contributed by atoms with Crippen LogP contribution in [0.25, 0.3) is 16.8 Å². The number of fused-ring (bicyclic) bond motifs is 3. The Morgan fingerprint density at radius 1 is 1.00 bits per heavy atom. The van der Waals surface area contributed by atoms with E-state index in [1.54, 1.807) is 0 Å². The molecular formula is C14H11NO. The Morgan fingerprint density at radius 3 is 2.75 bits per heavy atom. The number of benzene rings is 2. The van der Waals surface area contributed by atoms with Gasteiger partial charge < -0.3 is 5.21 Å². The highest BCUT2D eigenvalue weighted by Gasteiger charge is 2.11. The third kappa shape index (κ3) is 1.31. The van der Waals surface area contributed by atoms with E-state index in [2.05, 4.69) is 29.4 Å². The summed E-state index contributed by atoms with van der Waals surface area (Å²) in [6, 6.07) is 12.5. The molecule has 1 aliphatic carbocycles. The van der Waals surface area contributed by atoms with Gasteiger partial charge in [0.1, 0.15) is 0 Å². The van der Waals surface area contributed by atoms with Crippen LogP contribution in [0.2, 0.25) is 0 Å². The molecule has 0 spiro atoms. The van der Waals surface area contributed by atoms with Gasteiger partial charge in [-0.1, -0.05) is 47.6 Å². The van der Waals surface area contributed by atoms with Crippen LogP contribution >= 0.6 is 0 Å². The molecule has 0 amide bonds. The van der Waals surface area contributed by atoms with Crippen molar-refractivity contribution >= 4 is 22.6 Å². The average Bonchev–Trinajstić information content (AvgIpc) is 2.38. The fraction of sp³-hybridized carbons (Fsp3) is 0.0714. The maximum Gasteiger partial charge on any atom is 0.0839 e. The predicted molar refractivity (Wildman–Crippen MR) is 65.9 cm³/mol. The summed E-state index contributed by atoms with van der Waals surface area (Å²) in [4.78, 5) is 0.